The van der Waals surface area contributed by atoms with Crippen LogP contribution in [0.2, 0.25) is 0 Å². The van der Waals surface area contributed by atoms with E-state index in [9.17, 15) is 4.79 Å². The number of hydrogen-bond donors (Lipinski definition) is 3. The fourth-order valence-corrected chi connectivity index (χ4v) is 4.69. The number of rotatable bonds is 7. The molecule has 0 bridgehead atoms. The molecule has 9 heteroatoms. The van der Waals surface area contributed by atoms with Gasteiger partial charge in [0.05, 0.1) is 17.5 Å². The number of nitrogens with zero attached hydrogens (tertiary/aromatic N) is 4. The molecule has 0 radical (unpaired) electrons. The van der Waals surface area contributed by atoms with Gasteiger partial charge in [-0.25, -0.2) is 9.97 Å². The van der Waals surface area contributed by atoms with E-state index in [4.69, 9.17) is 9.72 Å². The molecule has 2 fully saturated rings. The second-order valence-electron chi connectivity index (χ2n) is 9.68. The quantitative estimate of drug-likeness (QED) is 0.338. The lowest BCUT2D eigenvalue weighted by Crippen LogP contribution is -2.38. The van der Waals surface area contributed by atoms with E-state index in [1.54, 1.807) is 12.4 Å². The minimum Gasteiger partial charge on any atom is -0.436 e. The van der Waals surface area contributed by atoms with Crippen LogP contribution in [0.3, 0.4) is 0 Å². The molecule has 1 amide bonds. The average Bonchev–Trinajstić information content (AvgIpc) is 3.77. The molecular formula is C28H29N7O2. The molecule has 3 N–H and O–H groups in total. The van der Waals surface area contributed by atoms with Crippen LogP contribution < -0.4 is 20.7 Å². The number of amides is 1. The SMILES string of the molecule is Cc1ccc2c(NC(=O)C3CC3)cccc2c1Oc1nnccc1-c1ccnc(N[C@H]2CCCNC2)n1. The summed E-state index contributed by atoms with van der Waals surface area (Å²) in [4.78, 5) is 21.6. The Balaban J connectivity index is 1.32. The highest BCUT2D eigenvalue weighted by atomic mass is 16.5. The number of aromatic nitrogens is 4. The highest BCUT2D eigenvalue weighted by Gasteiger charge is 2.30. The normalized spacial score (nSPS) is 17.4. The van der Waals surface area contributed by atoms with Crippen LogP contribution >= 0.6 is 0 Å². The van der Waals surface area contributed by atoms with Crippen LogP contribution in [0, 0.1) is 12.8 Å². The molecule has 4 aromatic rings. The molecular weight excluding hydrogens is 466 g/mol. The van der Waals surface area contributed by atoms with Crippen LogP contribution in [-0.4, -0.2) is 45.2 Å². The number of hydrogen-bond acceptors (Lipinski definition) is 8. The van der Waals surface area contributed by atoms with E-state index in [0.29, 0.717) is 29.3 Å². The van der Waals surface area contributed by atoms with Crippen molar-refractivity contribution < 1.29 is 9.53 Å². The molecule has 2 aromatic heterocycles. The summed E-state index contributed by atoms with van der Waals surface area (Å²) in [5.41, 5.74) is 3.14. The van der Waals surface area contributed by atoms with Gasteiger partial charge in [-0.1, -0.05) is 24.3 Å². The number of carbonyl (C=O) groups is 1. The molecule has 1 saturated carbocycles. The molecule has 0 unspecified atom stereocenters. The van der Waals surface area contributed by atoms with Gasteiger partial charge in [-0.2, -0.15) is 5.10 Å². The van der Waals surface area contributed by atoms with Gasteiger partial charge in [-0.15, -0.1) is 5.10 Å². The van der Waals surface area contributed by atoms with Crippen molar-refractivity contribution in [2.75, 3.05) is 23.7 Å². The number of fused-ring (bicyclic) bond motifs is 1. The molecule has 188 valence electrons. The first-order valence-corrected chi connectivity index (χ1v) is 12.8. The van der Waals surface area contributed by atoms with Crippen LogP contribution in [0.4, 0.5) is 11.6 Å². The molecule has 0 spiro atoms. The maximum atomic E-state index is 12.4. The lowest BCUT2D eigenvalue weighted by molar-refractivity contribution is -0.117. The largest absolute Gasteiger partial charge is 0.436 e. The summed E-state index contributed by atoms with van der Waals surface area (Å²) in [6.07, 6.45) is 7.48. The Hall–Kier alpha value is -4.11. The Bertz CT molecular complexity index is 1450. The zero-order valence-corrected chi connectivity index (χ0v) is 20.7. The van der Waals surface area contributed by atoms with Gasteiger partial charge in [-0.05, 0) is 62.9 Å². The molecule has 1 aliphatic heterocycles. The monoisotopic (exact) mass is 495 g/mol. The molecule has 3 heterocycles. The third kappa shape index (κ3) is 5.08. The Morgan fingerprint density at radius 2 is 1.97 bits per heavy atom. The first kappa shape index (κ1) is 23.3. The van der Waals surface area contributed by atoms with E-state index < -0.39 is 0 Å². The zero-order valence-electron chi connectivity index (χ0n) is 20.7. The topological polar surface area (TPSA) is 114 Å². The first-order valence-electron chi connectivity index (χ1n) is 12.8. The van der Waals surface area contributed by atoms with Crippen LogP contribution in [0.15, 0.2) is 54.9 Å². The van der Waals surface area contributed by atoms with E-state index in [0.717, 1.165) is 66.4 Å². The third-order valence-corrected chi connectivity index (χ3v) is 6.86. The number of carbonyl (C=O) groups excluding carboxylic acids is 1. The summed E-state index contributed by atoms with van der Waals surface area (Å²) in [7, 11) is 0. The Kier molecular flexibility index (Phi) is 6.36. The predicted molar refractivity (Wildman–Crippen MR) is 143 cm³/mol. The highest BCUT2D eigenvalue weighted by molar-refractivity contribution is 6.05. The van der Waals surface area contributed by atoms with E-state index in [1.165, 1.54) is 0 Å². The summed E-state index contributed by atoms with van der Waals surface area (Å²) in [5, 5.41) is 20.1. The highest BCUT2D eigenvalue weighted by Crippen LogP contribution is 2.39. The molecule has 37 heavy (non-hydrogen) atoms. The number of anilines is 2. The Morgan fingerprint density at radius 1 is 1.05 bits per heavy atom. The van der Waals surface area contributed by atoms with Crippen molar-refractivity contribution in [1.29, 1.82) is 0 Å². The molecule has 9 nitrogen and oxygen atoms in total. The molecule has 1 saturated heterocycles. The van der Waals surface area contributed by atoms with Crippen molar-refractivity contribution in [3.8, 4) is 22.9 Å². The lowest BCUT2D eigenvalue weighted by atomic mass is 10.0. The van der Waals surface area contributed by atoms with Crippen molar-refractivity contribution in [2.45, 2.75) is 38.6 Å². The predicted octanol–water partition coefficient (Wildman–Crippen LogP) is 4.70. The van der Waals surface area contributed by atoms with Crippen molar-refractivity contribution in [3.63, 3.8) is 0 Å². The van der Waals surface area contributed by atoms with Gasteiger partial charge >= 0.3 is 0 Å². The molecule has 2 aliphatic rings. The maximum Gasteiger partial charge on any atom is 0.248 e. The van der Waals surface area contributed by atoms with Gasteiger partial charge in [0.2, 0.25) is 17.7 Å². The number of benzene rings is 2. The molecule has 2 aromatic carbocycles. The maximum absolute atomic E-state index is 12.4. The summed E-state index contributed by atoms with van der Waals surface area (Å²) >= 11 is 0. The third-order valence-electron chi connectivity index (χ3n) is 6.86. The van der Waals surface area contributed by atoms with Crippen molar-refractivity contribution in [3.05, 3.63) is 60.4 Å². The summed E-state index contributed by atoms with van der Waals surface area (Å²) < 4.78 is 6.44. The zero-order chi connectivity index (χ0) is 25.2. The van der Waals surface area contributed by atoms with Crippen molar-refractivity contribution in [1.82, 2.24) is 25.5 Å². The number of piperidine rings is 1. The minimum atomic E-state index is 0.0731. The van der Waals surface area contributed by atoms with E-state index >= 15 is 0 Å². The number of ether oxygens (including phenoxy) is 1. The summed E-state index contributed by atoms with van der Waals surface area (Å²) in [5.74, 6) is 1.80. The molecule has 1 aliphatic carbocycles. The van der Waals surface area contributed by atoms with Gasteiger partial charge < -0.3 is 20.7 Å². The second kappa shape index (κ2) is 10.1. The van der Waals surface area contributed by atoms with E-state index in [-0.39, 0.29) is 11.8 Å². The second-order valence-corrected chi connectivity index (χ2v) is 9.68. The van der Waals surface area contributed by atoms with Crippen LogP contribution in [0.25, 0.3) is 22.0 Å². The smallest absolute Gasteiger partial charge is 0.248 e. The first-order chi connectivity index (χ1) is 18.2. The minimum absolute atomic E-state index is 0.0731. The average molecular weight is 496 g/mol. The fraction of sp³-hybridized carbons (Fsp3) is 0.321. The molecule has 1 atom stereocenters. The van der Waals surface area contributed by atoms with Crippen LogP contribution in [0.5, 0.6) is 11.6 Å². The number of nitrogens with one attached hydrogen (secondary N) is 3. The van der Waals surface area contributed by atoms with Crippen molar-refractivity contribution in [2.24, 2.45) is 5.92 Å². The van der Waals surface area contributed by atoms with Gasteiger partial charge in [-0.3, -0.25) is 4.79 Å². The molecule has 6 rings (SSSR count). The van der Waals surface area contributed by atoms with Gasteiger partial charge in [0.15, 0.2) is 0 Å². The van der Waals surface area contributed by atoms with E-state index in [1.807, 2.05) is 49.4 Å². The number of aryl methyl sites for hydroxylation is 1. The Labute approximate surface area is 215 Å². The fourth-order valence-electron chi connectivity index (χ4n) is 4.69. The van der Waals surface area contributed by atoms with Gasteiger partial charge in [0.25, 0.3) is 0 Å². The van der Waals surface area contributed by atoms with Gasteiger partial charge in [0.1, 0.15) is 5.75 Å². The van der Waals surface area contributed by atoms with Crippen LogP contribution in [-0.2, 0) is 4.79 Å². The van der Waals surface area contributed by atoms with E-state index in [2.05, 4.69) is 31.1 Å². The Morgan fingerprint density at radius 3 is 2.81 bits per heavy atom. The van der Waals surface area contributed by atoms with Crippen LogP contribution in [0.1, 0.15) is 31.2 Å². The lowest BCUT2D eigenvalue weighted by Gasteiger charge is -2.23. The van der Waals surface area contributed by atoms with Gasteiger partial charge in [0, 0.05) is 41.2 Å². The summed E-state index contributed by atoms with van der Waals surface area (Å²) in [6, 6.07) is 13.8. The summed E-state index contributed by atoms with van der Waals surface area (Å²) in [6.45, 7) is 3.93. The standard InChI is InChI=1S/C28H29N7O2/c1-17-7-10-20-21(5-2-6-23(20)33-26(36)18-8-9-18)25(17)37-27-22(11-15-31-35-27)24-12-14-30-28(34-24)32-19-4-3-13-29-16-19/h2,5-7,10-12,14-15,18-19,29H,3-4,8-9,13,16H2,1H3,(H,33,36)(H,30,32,34)/t19-/m0/s1. The van der Waals surface area contributed by atoms with Crippen molar-refractivity contribution >= 4 is 28.3 Å².